The van der Waals surface area contributed by atoms with Gasteiger partial charge in [0.1, 0.15) is 12.6 Å². The van der Waals surface area contributed by atoms with Gasteiger partial charge in [-0.15, -0.1) is 0 Å². The Labute approximate surface area is 204 Å². The number of rotatable bonds is 7. The lowest BCUT2D eigenvalue weighted by Gasteiger charge is -2.23. The first-order valence-corrected chi connectivity index (χ1v) is 11.8. The van der Waals surface area contributed by atoms with E-state index in [2.05, 4.69) is 17.9 Å². The van der Waals surface area contributed by atoms with Gasteiger partial charge in [-0.2, -0.15) is 34.2 Å². The summed E-state index contributed by atoms with van der Waals surface area (Å²) in [5.74, 6) is -0.222. The number of alkyl halides is 3. The van der Waals surface area contributed by atoms with Crippen molar-refractivity contribution < 1.29 is 45.4 Å². The maximum absolute atomic E-state index is 12.4. The zero-order chi connectivity index (χ0) is 27.0. The summed E-state index contributed by atoms with van der Waals surface area (Å²) < 4.78 is 62.8. The van der Waals surface area contributed by atoms with Crippen molar-refractivity contribution in [3.8, 4) is 0 Å². The number of thiol groups is 1. The number of nitro groups is 1. The number of carbonyl (C=O) groups excluding carboxylic acids is 2. The van der Waals surface area contributed by atoms with Crippen molar-refractivity contribution in [1.29, 1.82) is 0 Å². The van der Waals surface area contributed by atoms with Crippen molar-refractivity contribution in [3.05, 3.63) is 39.9 Å². The number of nitro benzene ring substituents is 1. The van der Waals surface area contributed by atoms with Crippen LogP contribution in [0.2, 0.25) is 0 Å². The number of halogens is 3. The predicted octanol–water partition coefficient (Wildman–Crippen LogP) is 1.68. The third-order valence-electron chi connectivity index (χ3n) is 4.48. The van der Waals surface area contributed by atoms with Gasteiger partial charge in [-0.25, -0.2) is 4.79 Å². The van der Waals surface area contributed by atoms with E-state index in [1.54, 1.807) is 0 Å². The number of likely N-dealkylation sites (N-methyl/N-ethyl adjacent to an activating group) is 1. The summed E-state index contributed by atoms with van der Waals surface area (Å²) in [6.07, 6.45) is -0.138. The molecule has 2 rings (SSSR count). The Balaban J connectivity index is 0.000000658. The van der Waals surface area contributed by atoms with Crippen LogP contribution in [0.25, 0.3) is 0 Å². The van der Waals surface area contributed by atoms with Crippen LogP contribution in [0.1, 0.15) is 12.0 Å². The first-order valence-electron chi connectivity index (χ1n) is 9.84. The summed E-state index contributed by atoms with van der Waals surface area (Å²) in [4.78, 5) is 38.3. The molecule has 1 aromatic rings. The summed E-state index contributed by atoms with van der Waals surface area (Å²) in [7, 11) is -2.02. The fraction of sp³-hybridized carbons (Fsp3) is 0.556. The molecule has 0 bridgehead atoms. The molecule has 0 aromatic heterocycles. The van der Waals surface area contributed by atoms with Gasteiger partial charge in [-0.05, 0) is 38.2 Å². The quantitative estimate of drug-likeness (QED) is 0.152. The molecule has 12 nitrogen and oxygen atoms in total. The summed E-state index contributed by atoms with van der Waals surface area (Å²) in [5, 5.41) is 13.4. The first-order chi connectivity index (χ1) is 16.0. The minimum atomic E-state index is -5.84. The summed E-state index contributed by atoms with van der Waals surface area (Å²) in [5.41, 5.74) is -4.94. The molecule has 1 heterocycles. The molecule has 1 aliphatic rings. The number of non-ortho nitro benzene ring substituents is 1. The SMILES string of the molecule is CN(C)CCNC(=O)[C@@H]1C[C@H](S)CN1C(=O)OCc1ccc([N+](=O)[O-])cc1.O=S(=O)(O)C(F)(F)F. The molecule has 2 atom stereocenters. The highest BCUT2D eigenvalue weighted by atomic mass is 32.2. The minimum Gasteiger partial charge on any atom is -0.445 e. The van der Waals surface area contributed by atoms with Gasteiger partial charge in [0, 0.05) is 37.0 Å². The maximum atomic E-state index is 12.4. The van der Waals surface area contributed by atoms with E-state index in [4.69, 9.17) is 17.7 Å². The van der Waals surface area contributed by atoms with Gasteiger partial charge in [0.05, 0.1) is 4.92 Å². The normalized spacial score (nSPS) is 18.0. The van der Waals surface area contributed by atoms with Gasteiger partial charge < -0.3 is 15.0 Å². The van der Waals surface area contributed by atoms with Crippen LogP contribution in [0.4, 0.5) is 23.7 Å². The molecule has 0 saturated carbocycles. The highest BCUT2D eigenvalue weighted by Crippen LogP contribution is 2.23. The average Bonchev–Trinajstić information content (AvgIpc) is 3.13. The van der Waals surface area contributed by atoms with Crippen molar-refractivity contribution in [1.82, 2.24) is 15.1 Å². The molecule has 35 heavy (non-hydrogen) atoms. The molecule has 1 aromatic carbocycles. The van der Waals surface area contributed by atoms with Crippen molar-refractivity contribution in [2.75, 3.05) is 33.7 Å². The largest absolute Gasteiger partial charge is 0.522 e. The molecule has 1 fully saturated rings. The molecule has 2 amide bonds. The molecule has 1 aliphatic heterocycles. The van der Waals surface area contributed by atoms with Crippen LogP contribution >= 0.6 is 12.6 Å². The van der Waals surface area contributed by atoms with E-state index in [1.807, 2.05) is 19.0 Å². The molecular weight excluding hydrogens is 521 g/mol. The lowest BCUT2D eigenvalue weighted by atomic mass is 10.2. The molecule has 198 valence electrons. The Morgan fingerprint density at radius 2 is 1.86 bits per heavy atom. The fourth-order valence-electron chi connectivity index (χ4n) is 2.73. The highest BCUT2D eigenvalue weighted by Gasteiger charge is 2.44. The van der Waals surface area contributed by atoms with Crippen LogP contribution < -0.4 is 5.32 Å². The Bertz CT molecular complexity index is 990. The molecule has 0 unspecified atom stereocenters. The third kappa shape index (κ3) is 10.3. The van der Waals surface area contributed by atoms with Crippen LogP contribution in [0.15, 0.2) is 24.3 Å². The van der Waals surface area contributed by atoms with Crippen molar-refractivity contribution in [2.45, 2.75) is 29.8 Å². The number of hydrogen-bond acceptors (Lipinski definition) is 9. The van der Waals surface area contributed by atoms with Crippen molar-refractivity contribution in [3.63, 3.8) is 0 Å². The summed E-state index contributed by atoms with van der Waals surface area (Å²) in [6, 6.07) is 5.15. The number of hydrogen-bond donors (Lipinski definition) is 3. The summed E-state index contributed by atoms with van der Waals surface area (Å²) >= 11 is 4.39. The van der Waals surface area contributed by atoms with Crippen molar-refractivity contribution in [2.24, 2.45) is 0 Å². The lowest BCUT2D eigenvalue weighted by Crippen LogP contribution is -2.47. The Morgan fingerprint density at radius 3 is 2.31 bits per heavy atom. The van der Waals surface area contributed by atoms with Crippen LogP contribution in [-0.4, -0.2) is 90.2 Å². The van der Waals surface area contributed by atoms with Gasteiger partial charge >= 0.3 is 21.7 Å². The van der Waals surface area contributed by atoms with E-state index in [0.717, 1.165) is 0 Å². The molecule has 0 spiro atoms. The maximum Gasteiger partial charge on any atom is 0.522 e. The Kier molecular flexibility index (Phi) is 11.2. The van der Waals surface area contributed by atoms with Crippen LogP contribution in [0.3, 0.4) is 0 Å². The number of benzene rings is 1. The number of carbonyl (C=O) groups is 2. The monoisotopic (exact) mass is 546 g/mol. The van der Waals surface area contributed by atoms with Crippen LogP contribution in [-0.2, 0) is 26.3 Å². The third-order valence-corrected chi connectivity index (χ3v) is 5.44. The van der Waals surface area contributed by atoms with Gasteiger partial charge in [-0.3, -0.25) is 24.4 Å². The minimum absolute atomic E-state index is 0.0282. The zero-order valence-electron chi connectivity index (χ0n) is 18.6. The van der Waals surface area contributed by atoms with Gasteiger partial charge in [0.2, 0.25) is 5.91 Å². The highest BCUT2D eigenvalue weighted by molar-refractivity contribution is 7.86. The molecule has 0 aliphatic carbocycles. The van der Waals surface area contributed by atoms with Crippen molar-refractivity contribution >= 4 is 40.4 Å². The molecule has 1 saturated heterocycles. The zero-order valence-corrected chi connectivity index (χ0v) is 20.3. The Hall–Kier alpha value is -2.63. The van der Waals surface area contributed by atoms with E-state index in [9.17, 15) is 32.9 Å². The smallest absolute Gasteiger partial charge is 0.445 e. The van der Waals surface area contributed by atoms with E-state index < -0.39 is 32.7 Å². The summed E-state index contributed by atoms with van der Waals surface area (Å²) in [6.45, 7) is 1.49. The number of nitrogens with zero attached hydrogens (tertiary/aromatic N) is 3. The van der Waals surface area contributed by atoms with E-state index >= 15 is 0 Å². The van der Waals surface area contributed by atoms with E-state index in [0.29, 0.717) is 31.6 Å². The fourth-order valence-corrected chi connectivity index (χ4v) is 3.10. The second kappa shape index (κ2) is 12.9. The second-order valence-corrected chi connectivity index (χ2v) is 9.69. The number of amides is 2. The molecular formula is C18H25F3N4O8S2. The average molecular weight is 547 g/mol. The van der Waals surface area contributed by atoms with E-state index in [1.165, 1.54) is 29.2 Å². The number of likely N-dealkylation sites (tertiary alicyclic amines) is 1. The van der Waals surface area contributed by atoms with Crippen LogP contribution in [0.5, 0.6) is 0 Å². The second-order valence-electron chi connectivity index (χ2n) is 7.55. The van der Waals surface area contributed by atoms with Gasteiger partial charge in [-0.1, -0.05) is 0 Å². The molecule has 0 radical (unpaired) electrons. The molecule has 17 heteroatoms. The van der Waals surface area contributed by atoms with Crippen LogP contribution in [0, 0.1) is 10.1 Å². The van der Waals surface area contributed by atoms with E-state index in [-0.39, 0.29) is 23.5 Å². The van der Waals surface area contributed by atoms with Gasteiger partial charge in [0.15, 0.2) is 0 Å². The number of ether oxygens (including phenoxy) is 1. The predicted molar refractivity (Wildman–Crippen MR) is 120 cm³/mol. The van der Waals surface area contributed by atoms with Gasteiger partial charge in [0.25, 0.3) is 5.69 Å². The molecule has 2 N–H and O–H groups in total. The topological polar surface area (TPSA) is 159 Å². The standard InChI is InChI=1S/C17H24N4O5S.CHF3O3S/c1-19(2)8-7-18-16(22)15-9-14(27)10-20(15)17(23)26-11-12-3-5-13(6-4-12)21(24)25;2-1(3,4)8(5,6)7/h3-6,14-15,27H,7-11H2,1-2H3,(H,18,22);(H,5,6,7)/t14-,15-;/m0./s1. The Morgan fingerprint density at radius 1 is 1.31 bits per heavy atom. The first kappa shape index (κ1) is 30.4. The number of nitrogens with one attached hydrogen (secondary N) is 1. The lowest BCUT2D eigenvalue weighted by molar-refractivity contribution is -0.384.